The van der Waals surface area contributed by atoms with Crippen LogP contribution >= 0.6 is 0 Å². The third-order valence-electron chi connectivity index (χ3n) is 4.52. The van der Waals surface area contributed by atoms with Crippen molar-refractivity contribution in [2.24, 2.45) is 5.41 Å². The molecule has 0 amide bonds. The highest BCUT2D eigenvalue weighted by molar-refractivity contribution is 5.52. The molecule has 0 atom stereocenters. The number of ether oxygens (including phenoxy) is 1. The summed E-state index contributed by atoms with van der Waals surface area (Å²) < 4.78 is 6.02. The Morgan fingerprint density at radius 2 is 1.55 bits per heavy atom. The van der Waals surface area contributed by atoms with Crippen LogP contribution in [0, 0.1) is 5.41 Å². The van der Waals surface area contributed by atoms with Crippen LogP contribution in [0.1, 0.15) is 36.9 Å². The Hall–Kier alpha value is -1.80. The van der Waals surface area contributed by atoms with Crippen molar-refractivity contribution < 1.29 is 4.74 Å². The van der Waals surface area contributed by atoms with E-state index in [4.69, 9.17) is 4.74 Å². The van der Waals surface area contributed by atoms with Gasteiger partial charge in [0.2, 0.25) is 0 Å². The molecule has 2 aromatic carbocycles. The lowest BCUT2D eigenvalue weighted by molar-refractivity contribution is 0.407. The minimum Gasteiger partial charge on any atom is -0.457 e. The van der Waals surface area contributed by atoms with E-state index in [0.717, 1.165) is 18.0 Å². The molecule has 1 fully saturated rings. The van der Waals surface area contributed by atoms with E-state index >= 15 is 0 Å². The van der Waals surface area contributed by atoms with Gasteiger partial charge >= 0.3 is 0 Å². The highest BCUT2D eigenvalue weighted by atomic mass is 16.5. The first-order valence-corrected chi connectivity index (χ1v) is 7.34. The van der Waals surface area contributed by atoms with Crippen LogP contribution in [0.25, 0.3) is 0 Å². The summed E-state index contributed by atoms with van der Waals surface area (Å²) in [5, 5.41) is 3.76. The average molecular weight is 265 g/mol. The molecule has 2 aromatic rings. The largest absolute Gasteiger partial charge is 0.457 e. The van der Waals surface area contributed by atoms with Gasteiger partial charge in [-0.2, -0.15) is 0 Å². The van der Waals surface area contributed by atoms with Gasteiger partial charge in [-0.25, -0.2) is 0 Å². The molecule has 2 aliphatic rings. The van der Waals surface area contributed by atoms with Crippen molar-refractivity contribution in [2.45, 2.75) is 25.8 Å². The smallest absolute Gasteiger partial charge is 0.132 e. The summed E-state index contributed by atoms with van der Waals surface area (Å²) >= 11 is 0. The van der Waals surface area contributed by atoms with Gasteiger partial charge in [-0.1, -0.05) is 43.3 Å². The lowest BCUT2D eigenvalue weighted by Gasteiger charge is -2.29. The van der Waals surface area contributed by atoms with E-state index in [0.29, 0.717) is 5.41 Å². The van der Waals surface area contributed by atoms with Crippen molar-refractivity contribution in [3.8, 4) is 11.5 Å². The first kappa shape index (κ1) is 12.0. The van der Waals surface area contributed by atoms with E-state index in [1.54, 1.807) is 0 Å². The number of para-hydroxylation sites is 2. The van der Waals surface area contributed by atoms with Gasteiger partial charge in [0.25, 0.3) is 0 Å². The summed E-state index contributed by atoms with van der Waals surface area (Å²) in [6.07, 6.45) is 2.68. The van der Waals surface area contributed by atoms with Crippen molar-refractivity contribution in [1.29, 1.82) is 0 Å². The van der Waals surface area contributed by atoms with Crippen molar-refractivity contribution in [3.05, 3.63) is 59.7 Å². The highest BCUT2D eigenvalue weighted by Crippen LogP contribution is 2.46. The highest BCUT2D eigenvalue weighted by Gasteiger charge is 2.38. The minimum atomic E-state index is 0.244. The molecular weight excluding hydrogens is 246 g/mol. The van der Waals surface area contributed by atoms with Gasteiger partial charge in [-0.05, 0) is 30.4 Å². The molecule has 1 aliphatic carbocycles. The summed E-state index contributed by atoms with van der Waals surface area (Å²) in [5.74, 6) is 1.95. The third kappa shape index (κ3) is 2.01. The molecule has 1 saturated carbocycles. The quantitative estimate of drug-likeness (QED) is 0.894. The normalized spacial score (nSPS) is 18.9. The Bertz CT molecular complexity index is 600. The number of rotatable bonds is 3. The lowest BCUT2D eigenvalue weighted by atomic mass is 9.94. The topological polar surface area (TPSA) is 21.3 Å². The van der Waals surface area contributed by atoms with Crippen molar-refractivity contribution in [3.63, 3.8) is 0 Å². The molecule has 2 heteroatoms. The molecule has 0 aromatic heterocycles. The Morgan fingerprint density at radius 1 is 1.00 bits per heavy atom. The second-order valence-corrected chi connectivity index (χ2v) is 6.30. The second-order valence-electron chi connectivity index (χ2n) is 6.30. The van der Waals surface area contributed by atoms with E-state index in [-0.39, 0.29) is 6.04 Å². The van der Waals surface area contributed by atoms with Gasteiger partial charge < -0.3 is 10.1 Å². The second kappa shape index (κ2) is 4.35. The summed E-state index contributed by atoms with van der Waals surface area (Å²) in [6, 6.07) is 16.9. The standard InChI is InChI=1S/C18H19NO/c1-18(10-11-18)12-19-17-13-6-2-4-8-15(13)20-16-9-5-3-7-14(16)17/h2-9,17,19H,10-12H2,1H3. The van der Waals surface area contributed by atoms with Crippen LogP contribution in [-0.4, -0.2) is 6.54 Å². The van der Waals surface area contributed by atoms with Crippen LogP contribution in [0.5, 0.6) is 11.5 Å². The monoisotopic (exact) mass is 265 g/mol. The molecule has 102 valence electrons. The zero-order chi connectivity index (χ0) is 13.6. The molecule has 1 N–H and O–H groups in total. The Balaban J connectivity index is 1.72. The van der Waals surface area contributed by atoms with E-state index in [1.165, 1.54) is 24.0 Å². The molecule has 1 aliphatic heterocycles. The number of benzene rings is 2. The Morgan fingerprint density at radius 3 is 2.10 bits per heavy atom. The molecular formula is C18H19NO. The fourth-order valence-corrected chi connectivity index (χ4v) is 2.87. The number of hydrogen-bond donors (Lipinski definition) is 1. The summed E-state index contributed by atoms with van der Waals surface area (Å²) in [5.41, 5.74) is 2.99. The van der Waals surface area contributed by atoms with Crippen molar-refractivity contribution in [1.82, 2.24) is 5.32 Å². The van der Waals surface area contributed by atoms with Crippen LogP contribution in [0.4, 0.5) is 0 Å². The van der Waals surface area contributed by atoms with Crippen LogP contribution in [0.15, 0.2) is 48.5 Å². The molecule has 0 unspecified atom stereocenters. The Labute approximate surface area is 119 Å². The number of hydrogen-bond acceptors (Lipinski definition) is 2. The van der Waals surface area contributed by atoms with E-state index in [2.05, 4.69) is 48.6 Å². The van der Waals surface area contributed by atoms with Crippen LogP contribution < -0.4 is 10.1 Å². The molecule has 0 bridgehead atoms. The molecule has 4 rings (SSSR count). The number of nitrogens with one attached hydrogen (secondary N) is 1. The maximum absolute atomic E-state index is 6.02. The van der Waals surface area contributed by atoms with Crippen LogP contribution in [-0.2, 0) is 0 Å². The average Bonchev–Trinajstić information content (AvgIpc) is 3.21. The Kier molecular flexibility index (Phi) is 2.61. The van der Waals surface area contributed by atoms with Crippen molar-refractivity contribution in [2.75, 3.05) is 6.54 Å². The maximum Gasteiger partial charge on any atom is 0.132 e. The van der Waals surface area contributed by atoms with Gasteiger partial charge in [0.15, 0.2) is 0 Å². The van der Waals surface area contributed by atoms with Gasteiger partial charge in [-0.15, -0.1) is 0 Å². The fourth-order valence-electron chi connectivity index (χ4n) is 2.87. The first-order chi connectivity index (χ1) is 9.75. The van der Waals surface area contributed by atoms with Gasteiger partial charge in [0, 0.05) is 17.7 Å². The summed E-state index contributed by atoms with van der Waals surface area (Å²) in [7, 11) is 0. The predicted octanol–water partition coefficient (Wildman–Crippen LogP) is 4.27. The van der Waals surface area contributed by atoms with Gasteiger partial charge in [-0.3, -0.25) is 0 Å². The number of fused-ring (bicyclic) bond motifs is 2. The first-order valence-electron chi connectivity index (χ1n) is 7.34. The molecule has 0 spiro atoms. The minimum absolute atomic E-state index is 0.244. The molecule has 1 heterocycles. The molecule has 0 saturated heterocycles. The summed E-state index contributed by atoms with van der Waals surface area (Å²) in [4.78, 5) is 0. The van der Waals surface area contributed by atoms with E-state index in [1.807, 2.05) is 12.1 Å². The van der Waals surface area contributed by atoms with Gasteiger partial charge in [0.1, 0.15) is 11.5 Å². The SMILES string of the molecule is CC1(CNC2c3ccccc3Oc3ccccc32)CC1. The van der Waals surface area contributed by atoms with Gasteiger partial charge in [0.05, 0.1) is 6.04 Å². The fraction of sp³-hybridized carbons (Fsp3) is 0.333. The molecule has 20 heavy (non-hydrogen) atoms. The lowest BCUT2D eigenvalue weighted by Crippen LogP contribution is -2.29. The van der Waals surface area contributed by atoms with Crippen LogP contribution in [0.2, 0.25) is 0 Å². The maximum atomic E-state index is 6.02. The van der Waals surface area contributed by atoms with Crippen molar-refractivity contribution >= 4 is 0 Å². The van der Waals surface area contributed by atoms with Crippen LogP contribution in [0.3, 0.4) is 0 Å². The zero-order valence-corrected chi connectivity index (χ0v) is 11.7. The summed E-state index contributed by atoms with van der Waals surface area (Å²) in [6.45, 7) is 3.43. The molecule has 2 nitrogen and oxygen atoms in total. The third-order valence-corrected chi connectivity index (χ3v) is 4.52. The van der Waals surface area contributed by atoms with E-state index in [9.17, 15) is 0 Å². The zero-order valence-electron chi connectivity index (χ0n) is 11.7. The predicted molar refractivity (Wildman–Crippen MR) is 80.1 cm³/mol. The molecule has 0 radical (unpaired) electrons. The van der Waals surface area contributed by atoms with E-state index < -0.39 is 0 Å².